The van der Waals surface area contributed by atoms with Gasteiger partial charge in [0.1, 0.15) is 54.8 Å². The topological polar surface area (TPSA) is 548 Å². The summed E-state index contributed by atoms with van der Waals surface area (Å²) in [5.41, 5.74) is 2.33. The molecule has 2 unspecified atom stereocenters. The van der Waals surface area contributed by atoms with Crippen LogP contribution in [0.5, 0.6) is 5.75 Å². The van der Waals surface area contributed by atoms with Gasteiger partial charge in [0.15, 0.2) is 16.8 Å². The number of nitrogens with zero attached hydrogens (tertiary/aromatic N) is 7. The fourth-order valence-corrected chi connectivity index (χ4v) is 18.7. The van der Waals surface area contributed by atoms with E-state index in [4.69, 9.17) is 18.6 Å². The largest absolute Gasteiger partial charge is 0.748 e. The number of unbranched alkanes of at least 4 members (excludes halogenated alkanes) is 3. The summed E-state index contributed by atoms with van der Waals surface area (Å²) < 4.78 is 181. The molecule has 9 N–H and O–H groups in total. The van der Waals surface area contributed by atoms with Gasteiger partial charge in [-0.05, 0) is 170 Å². The van der Waals surface area contributed by atoms with Crippen molar-refractivity contribution in [1.82, 2.24) is 45.3 Å². The third-order valence-corrected chi connectivity index (χ3v) is 26.9. The second-order valence-electron chi connectivity index (χ2n) is 32.8. The van der Waals surface area contributed by atoms with E-state index in [2.05, 4.69) is 47.2 Å². The van der Waals surface area contributed by atoms with Crippen LogP contribution in [0.2, 0.25) is 0 Å². The van der Waals surface area contributed by atoms with Gasteiger partial charge >= 0.3 is 18.0 Å². The van der Waals surface area contributed by atoms with E-state index in [9.17, 15) is 110 Å². The maximum atomic E-state index is 14.1. The average Bonchev–Trinajstić information content (AvgIpc) is 1.43. The lowest BCUT2D eigenvalue weighted by atomic mass is 9.75. The lowest BCUT2D eigenvalue weighted by Gasteiger charge is -2.27. The van der Waals surface area contributed by atoms with Crippen LogP contribution in [0.25, 0.3) is 39.1 Å². The molecule has 38 nitrogen and oxygen atoms in total. The van der Waals surface area contributed by atoms with E-state index in [1.807, 2.05) is 0 Å². The van der Waals surface area contributed by atoms with Gasteiger partial charge < -0.3 is 64.5 Å². The number of rotatable bonds is 43. The summed E-state index contributed by atoms with van der Waals surface area (Å²) in [7, 11) is -17.1. The zero-order chi connectivity index (χ0) is 96.9. The molecule has 5 amide bonds. The molecule has 0 bridgehead atoms. The minimum absolute atomic E-state index is 0.000564. The number of ether oxygens (including phenoxy) is 3. The van der Waals surface area contributed by atoms with E-state index in [0.29, 0.717) is 80.3 Å². The number of phenolic OH excluding ortho intramolecular Hbond substituents is 1. The van der Waals surface area contributed by atoms with Gasteiger partial charge in [-0.2, -0.15) is 29.8 Å². The Morgan fingerprint density at radius 2 is 1.43 bits per heavy atom. The highest BCUT2D eigenvalue weighted by Crippen LogP contribution is 2.50. The Hall–Kier alpha value is -12.5. The van der Waals surface area contributed by atoms with Crippen LogP contribution in [0.1, 0.15) is 162 Å². The zero-order valence-electron chi connectivity index (χ0n) is 72.9. The number of carbonyl (C=O) groups is 8. The fourth-order valence-electron chi connectivity index (χ4n) is 16.4. The first kappa shape index (κ1) is 100. The molecule has 0 fully saturated rings. The van der Waals surface area contributed by atoms with Gasteiger partial charge in [0.2, 0.25) is 23.4 Å². The van der Waals surface area contributed by atoms with Crippen LogP contribution in [0.15, 0.2) is 182 Å². The number of anilines is 1. The number of amides is 5. The average molecular weight is 1990 g/mol. The molecule has 2 atom stereocenters. The zero-order valence-corrected chi connectivity index (χ0v) is 77.8. The van der Waals surface area contributed by atoms with Crippen molar-refractivity contribution < 1.29 is 128 Å². The van der Waals surface area contributed by atoms with Crippen molar-refractivity contribution in [2.24, 2.45) is 0 Å². The number of halogens is 2. The first-order valence-electron chi connectivity index (χ1n) is 42.4. The number of hydrogen-bond acceptors (Lipinski definition) is 26. The lowest BCUT2D eigenvalue weighted by molar-refractivity contribution is -0.437. The van der Waals surface area contributed by atoms with Gasteiger partial charge in [-0.3, -0.25) is 47.0 Å². The molecule has 12 rings (SSSR count). The summed E-state index contributed by atoms with van der Waals surface area (Å²) in [4.78, 5) is 130. The van der Waals surface area contributed by atoms with E-state index in [1.165, 1.54) is 132 Å². The highest BCUT2D eigenvalue weighted by atomic mass is 79.9. The van der Waals surface area contributed by atoms with E-state index in [0.717, 1.165) is 10.6 Å². The maximum Gasteiger partial charge on any atom is 0.419 e. The van der Waals surface area contributed by atoms with Crippen molar-refractivity contribution in [2.45, 2.75) is 137 Å². The van der Waals surface area contributed by atoms with Crippen LogP contribution in [-0.4, -0.2) is 228 Å². The molecule has 2 aromatic heterocycles. The standard InChI is InChI=1S/C90H97BrFN11O27S4/c1-89(2)66-47-59(133(121,122)123)24-29-71(66)101(36-14-42-131(115,116)117)77(89)17-7-5-8-18-78-90(3,67-48-60(134(124,125)126)25-30-72(67)102(78)37-15-43-132(118,119)120)32-11-6-9-19-80(107)98-69(16-10-12-33-94-83(108)55-20-26-61(63(44-55)86(111)112)81-62-27-23-58(104)46-75(62)130-76-50-74(105)68(91)49-65(76)81)84(109)95-35-39-127-40-41-129-88(114)100-51-57(96-53-100)22-31-79(106)93-34-13-38-128-87(113)82-73-52-99(4)85(110)64-45-56(92)21-28-70(64)103(73)54-97-82/h5,7-8,17-18,20-21,23-30,44-51,53-54,69H,6,9-16,19,22,31-43,52H2,1-4H3,(H9-,93,94,95,98,104,105,106,107,108,109,111,112,115,116,117,118,119,120,121,122,123,124,125,126). The van der Waals surface area contributed by atoms with Gasteiger partial charge in [0, 0.05) is 133 Å². The number of carbonyl (C=O) groups excluding carboxylic acids is 7. The smallest absolute Gasteiger partial charge is 0.419 e. The molecule has 0 saturated carbocycles. The summed E-state index contributed by atoms with van der Waals surface area (Å²) in [5, 5.41) is 32.6. The van der Waals surface area contributed by atoms with Crippen LogP contribution >= 0.6 is 15.9 Å². The molecule has 5 aliphatic rings. The summed E-state index contributed by atoms with van der Waals surface area (Å²) in [6.45, 7) is 4.93. The number of carboxylic acid groups (broad SMARTS) is 1. The summed E-state index contributed by atoms with van der Waals surface area (Å²) >= 11 is 3.31. The van der Waals surface area contributed by atoms with Gasteiger partial charge in [-0.25, -0.2) is 41.7 Å². The normalized spacial score (nSPS) is 15.4. The first-order chi connectivity index (χ1) is 63.4. The van der Waals surface area contributed by atoms with Crippen LogP contribution in [0.3, 0.4) is 0 Å². The molecule has 0 spiro atoms. The van der Waals surface area contributed by atoms with Crippen molar-refractivity contribution in [3.05, 3.63) is 223 Å². The number of aromatic carboxylic acids is 1. The summed E-state index contributed by atoms with van der Waals surface area (Å²) in [6.07, 6.45) is 13.2. The van der Waals surface area contributed by atoms with Gasteiger partial charge in [-0.1, -0.05) is 51.0 Å². The molecule has 0 radical (unpaired) electrons. The first-order valence-corrected chi connectivity index (χ1v) is 49.3. The molecule has 134 heavy (non-hydrogen) atoms. The third-order valence-electron chi connectivity index (χ3n) is 23.0. The number of aromatic nitrogens is 4. The van der Waals surface area contributed by atoms with Crippen molar-refractivity contribution >= 4 is 132 Å². The van der Waals surface area contributed by atoms with Crippen LogP contribution in [0, 0.1) is 5.82 Å². The van der Waals surface area contributed by atoms with Gasteiger partial charge in [0.25, 0.3) is 42.2 Å². The molecule has 4 aliphatic heterocycles. The Bertz CT molecular complexity index is 6750. The predicted molar refractivity (Wildman–Crippen MR) is 487 cm³/mol. The Kier molecular flexibility index (Phi) is 32.1. The van der Waals surface area contributed by atoms with Crippen LogP contribution in [-0.2, 0) is 92.9 Å². The Labute approximate surface area is 777 Å². The van der Waals surface area contributed by atoms with E-state index < -0.39 is 127 Å². The Balaban J connectivity index is 0.662. The number of allylic oxidation sites excluding steroid dienone is 6. The summed E-state index contributed by atoms with van der Waals surface area (Å²) in [6, 6.07) is 21.4. The molecule has 6 heterocycles. The highest BCUT2D eigenvalue weighted by molar-refractivity contribution is 9.10. The lowest BCUT2D eigenvalue weighted by Crippen LogP contribution is -2.47. The van der Waals surface area contributed by atoms with E-state index in [-0.39, 0.29) is 197 Å². The van der Waals surface area contributed by atoms with Crippen LogP contribution < -0.4 is 31.6 Å². The third kappa shape index (κ3) is 24.7. The molecule has 0 saturated heterocycles. The van der Waals surface area contributed by atoms with Gasteiger partial charge in [-0.15, -0.1) is 0 Å². The number of aromatic hydroxyl groups is 1. The van der Waals surface area contributed by atoms with Crippen LogP contribution in [0.4, 0.5) is 20.6 Å². The molecular weight excluding hydrogens is 1890 g/mol. The van der Waals surface area contributed by atoms with Crippen molar-refractivity contribution in [3.8, 4) is 33.9 Å². The monoisotopic (exact) mass is 1990 g/mol. The van der Waals surface area contributed by atoms with E-state index in [1.54, 1.807) is 60.6 Å². The number of aryl methyl sites for hydroxylation is 1. The number of nitrogens with one attached hydrogen (secondary N) is 4. The number of carboxylic acids is 1. The predicted octanol–water partition coefficient (Wildman–Crippen LogP) is 9.84. The summed E-state index contributed by atoms with van der Waals surface area (Å²) in [5.74, 6) is -6.75. The molecule has 5 aromatic carbocycles. The molecule has 7 aromatic rings. The fraction of sp³-hybridized carbons (Fsp3) is 0.356. The second-order valence-corrected chi connectivity index (χ2v) is 39.6. The molecule has 44 heteroatoms. The number of imidazole rings is 2. The molecule has 1 aliphatic carbocycles. The minimum Gasteiger partial charge on any atom is -0.748 e. The number of fused-ring (bicyclic) bond motifs is 7. The minimum atomic E-state index is -4.81. The number of benzene rings is 6. The second kappa shape index (κ2) is 42.8. The number of phenols is 1. The number of esters is 1. The SMILES string of the molecule is CN1Cc2c(C(=O)OCCCNC(=O)CCc3cn(C(=O)OCCOCCNC(=O)C(CCCCNC(=O)c4ccc(-c5c6ccc(=O)cc-6oc6cc(O)c(Br)cc56)c(C(=O)O)c4)NC(=O)CCCCCC4(C)C(/C=C/C=C/C=C5/N(CCCS(=O)(=O)O)c6ccc(S(=O)(=O)O)cc6C5(C)C)=[N+](CCCS(=O)(=O)[O-])c5ccc(S(=O)(=O)O)cc54)cn3)ncn2-c2ccc(F)cc2C1=O. The molecule has 712 valence electrons. The van der Waals surface area contributed by atoms with Crippen molar-refractivity contribution in [1.29, 1.82) is 0 Å². The highest BCUT2D eigenvalue weighted by Gasteiger charge is 2.48. The van der Waals surface area contributed by atoms with E-state index >= 15 is 0 Å². The maximum absolute atomic E-state index is 14.1. The molecular formula is C90H97BrFN11O27S4. The quantitative estimate of drug-likeness (QED) is 0.00428. The number of hydrogen-bond donors (Lipinski definition) is 9. The van der Waals surface area contributed by atoms with Crippen molar-refractivity contribution in [3.63, 3.8) is 0 Å². The van der Waals surface area contributed by atoms with Gasteiger partial charge in [0.05, 0.1) is 90.1 Å². The van der Waals surface area contributed by atoms with Crippen molar-refractivity contribution in [2.75, 3.05) is 82.6 Å². The Morgan fingerprint density at radius 3 is 2.17 bits per heavy atom. The Morgan fingerprint density at radius 1 is 0.701 bits per heavy atom.